The first-order valence-electron chi connectivity index (χ1n) is 10.9. The smallest absolute Gasteiger partial charge is 0.243 e. The maximum Gasteiger partial charge on any atom is 0.243 e. The van der Waals surface area contributed by atoms with Gasteiger partial charge in [-0.1, -0.05) is 42.0 Å². The molecule has 3 heterocycles. The molecule has 1 amide bonds. The fourth-order valence-corrected chi connectivity index (χ4v) is 6.04. The third-order valence-electron chi connectivity index (χ3n) is 7.15. The Morgan fingerprint density at radius 3 is 2.97 bits per heavy atom. The van der Waals surface area contributed by atoms with Gasteiger partial charge in [-0.2, -0.15) is 0 Å². The minimum atomic E-state index is -0.347. The molecule has 31 heavy (non-hydrogen) atoms. The number of benzene rings is 2. The summed E-state index contributed by atoms with van der Waals surface area (Å²) in [4.78, 5) is 18.1. The molecule has 6 heteroatoms. The molecule has 0 unspecified atom stereocenters. The van der Waals surface area contributed by atoms with E-state index in [-0.39, 0.29) is 23.2 Å². The number of carbonyl (C=O) groups is 1. The highest BCUT2D eigenvalue weighted by Gasteiger charge is 2.64. The standard InChI is InChI=1S/C25H27ClN2O3/c1-31-23-13-17(7-9-22(23)29)6-8-21-14-19-16-27(15-18-4-2-5-20(26)12-18)24(30)25(19)10-3-11-28(21)25/h2,4-9,12-13,19,21,29H,3,10-11,14-16H2,1H3/t19-,21+,25-/m0/s1. The van der Waals surface area contributed by atoms with E-state index in [9.17, 15) is 9.90 Å². The summed E-state index contributed by atoms with van der Waals surface area (Å²) in [5.74, 6) is 1.23. The molecule has 1 spiro atoms. The van der Waals surface area contributed by atoms with E-state index in [1.54, 1.807) is 13.2 Å². The highest BCUT2D eigenvalue weighted by atomic mass is 35.5. The maximum atomic E-state index is 13.6. The number of amides is 1. The van der Waals surface area contributed by atoms with Crippen LogP contribution in [0.1, 0.15) is 30.4 Å². The van der Waals surface area contributed by atoms with Crippen LogP contribution in [-0.4, -0.2) is 52.6 Å². The van der Waals surface area contributed by atoms with Gasteiger partial charge in [0.25, 0.3) is 0 Å². The van der Waals surface area contributed by atoms with E-state index in [1.165, 1.54) is 0 Å². The molecule has 162 valence electrons. The number of methoxy groups -OCH3 is 1. The molecule has 5 rings (SSSR count). The monoisotopic (exact) mass is 438 g/mol. The van der Waals surface area contributed by atoms with Crippen LogP contribution in [0.4, 0.5) is 0 Å². The van der Waals surface area contributed by atoms with Gasteiger partial charge in [-0.3, -0.25) is 9.69 Å². The Kier molecular flexibility index (Phi) is 5.19. The Labute approximate surface area is 187 Å². The fourth-order valence-electron chi connectivity index (χ4n) is 5.82. The lowest BCUT2D eigenvalue weighted by Crippen LogP contribution is -2.50. The predicted molar refractivity (Wildman–Crippen MR) is 121 cm³/mol. The number of nitrogens with zero attached hydrogens (tertiary/aromatic N) is 2. The molecule has 2 aromatic rings. The Bertz CT molecular complexity index is 1040. The van der Waals surface area contributed by atoms with Crippen LogP contribution >= 0.6 is 11.6 Å². The van der Waals surface area contributed by atoms with Crippen molar-refractivity contribution in [3.05, 3.63) is 64.7 Å². The van der Waals surface area contributed by atoms with Gasteiger partial charge in [-0.05, 0) is 61.2 Å². The molecule has 3 aliphatic rings. The fraction of sp³-hybridized carbons (Fsp3) is 0.400. The largest absolute Gasteiger partial charge is 0.504 e. The van der Waals surface area contributed by atoms with Crippen LogP contribution in [0.3, 0.4) is 0 Å². The van der Waals surface area contributed by atoms with Gasteiger partial charge in [-0.25, -0.2) is 0 Å². The molecule has 0 bridgehead atoms. The lowest BCUT2D eigenvalue weighted by Gasteiger charge is -2.32. The number of halogens is 1. The van der Waals surface area contributed by atoms with E-state index in [1.807, 2.05) is 41.3 Å². The molecule has 2 aromatic carbocycles. The van der Waals surface area contributed by atoms with Crippen molar-refractivity contribution in [3.8, 4) is 11.5 Å². The number of likely N-dealkylation sites (tertiary alicyclic amines) is 1. The van der Waals surface area contributed by atoms with Gasteiger partial charge in [0.1, 0.15) is 5.54 Å². The summed E-state index contributed by atoms with van der Waals surface area (Å²) in [5, 5.41) is 10.5. The summed E-state index contributed by atoms with van der Waals surface area (Å²) < 4.78 is 5.22. The topological polar surface area (TPSA) is 53.0 Å². The molecule has 0 aromatic heterocycles. The SMILES string of the molecule is COc1cc(C=C[C@@H]2C[C@H]3CN(Cc4cccc(Cl)c4)C(=O)[C@]34CCCN24)ccc1O. The molecule has 3 saturated heterocycles. The number of ether oxygens (including phenoxy) is 1. The van der Waals surface area contributed by atoms with Gasteiger partial charge in [0, 0.05) is 30.1 Å². The minimum Gasteiger partial charge on any atom is -0.504 e. The molecular weight excluding hydrogens is 412 g/mol. The van der Waals surface area contributed by atoms with Crippen LogP contribution in [0.2, 0.25) is 5.02 Å². The normalized spacial score (nSPS) is 27.8. The molecule has 0 radical (unpaired) electrons. The average molecular weight is 439 g/mol. The number of rotatable bonds is 5. The average Bonchev–Trinajstić information content (AvgIpc) is 3.39. The summed E-state index contributed by atoms with van der Waals surface area (Å²) in [6.07, 6.45) is 7.29. The molecule has 0 aliphatic carbocycles. The van der Waals surface area contributed by atoms with E-state index >= 15 is 0 Å². The van der Waals surface area contributed by atoms with Gasteiger partial charge in [0.15, 0.2) is 11.5 Å². The van der Waals surface area contributed by atoms with Crippen molar-refractivity contribution in [3.63, 3.8) is 0 Å². The summed E-state index contributed by atoms with van der Waals surface area (Å²) >= 11 is 6.14. The number of aromatic hydroxyl groups is 1. The lowest BCUT2D eigenvalue weighted by atomic mass is 9.85. The molecule has 5 nitrogen and oxygen atoms in total. The van der Waals surface area contributed by atoms with Crippen LogP contribution in [0.25, 0.3) is 6.08 Å². The van der Waals surface area contributed by atoms with Gasteiger partial charge >= 0.3 is 0 Å². The van der Waals surface area contributed by atoms with Crippen LogP contribution in [-0.2, 0) is 11.3 Å². The summed E-state index contributed by atoms with van der Waals surface area (Å²) in [5.41, 5.74) is 1.72. The number of carbonyl (C=O) groups excluding carboxylic acids is 1. The van der Waals surface area contributed by atoms with Crippen LogP contribution < -0.4 is 4.74 Å². The van der Waals surface area contributed by atoms with E-state index < -0.39 is 0 Å². The second-order valence-electron chi connectivity index (χ2n) is 8.83. The molecular formula is C25H27ClN2O3. The first kappa shape index (κ1) is 20.4. The highest BCUT2D eigenvalue weighted by molar-refractivity contribution is 6.30. The lowest BCUT2D eigenvalue weighted by molar-refractivity contribution is -0.137. The van der Waals surface area contributed by atoms with Crippen molar-refractivity contribution in [2.45, 2.75) is 37.4 Å². The second kappa shape index (κ2) is 7.88. The number of phenols is 1. The molecule has 0 saturated carbocycles. The van der Waals surface area contributed by atoms with Crippen molar-refractivity contribution in [1.82, 2.24) is 9.80 Å². The third kappa shape index (κ3) is 3.40. The zero-order valence-corrected chi connectivity index (χ0v) is 18.4. The Morgan fingerprint density at radius 2 is 2.16 bits per heavy atom. The number of hydrogen-bond acceptors (Lipinski definition) is 4. The molecule has 3 atom stereocenters. The predicted octanol–water partition coefficient (Wildman–Crippen LogP) is 4.33. The van der Waals surface area contributed by atoms with Crippen LogP contribution in [0.15, 0.2) is 48.5 Å². The molecule has 3 fully saturated rings. The first-order valence-corrected chi connectivity index (χ1v) is 11.2. The molecule has 3 aliphatic heterocycles. The zero-order chi connectivity index (χ0) is 21.6. The first-order chi connectivity index (χ1) is 15.0. The Balaban J connectivity index is 1.34. The quantitative estimate of drug-likeness (QED) is 0.754. The van der Waals surface area contributed by atoms with Crippen LogP contribution in [0, 0.1) is 5.92 Å². The van der Waals surface area contributed by atoms with E-state index in [0.29, 0.717) is 23.2 Å². The van der Waals surface area contributed by atoms with Gasteiger partial charge in [0.05, 0.1) is 7.11 Å². The highest BCUT2D eigenvalue weighted by Crippen LogP contribution is 2.52. The van der Waals surface area contributed by atoms with Gasteiger partial charge in [-0.15, -0.1) is 0 Å². The van der Waals surface area contributed by atoms with Crippen molar-refractivity contribution >= 4 is 23.6 Å². The summed E-state index contributed by atoms with van der Waals surface area (Å²) in [7, 11) is 1.55. The van der Waals surface area contributed by atoms with Gasteiger partial charge < -0.3 is 14.7 Å². The molecule has 1 N–H and O–H groups in total. The van der Waals surface area contributed by atoms with Crippen molar-refractivity contribution in [2.75, 3.05) is 20.2 Å². The van der Waals surface area contributed by atoms with Crippen molar-refractivity contribution in [2.24, 2.45) is 5.92 Å². The summed E-state index contributed by atoms with van der Waals surface area (Å²) in [6, 6.07) is 13.4. The zero-order valence-electron chi connectivity index (χ0n) is 17.6. The van der Waals surface area contributed by atoms with Gasteiger partial charge in [0.2, 0.25) is 5.91 Å². The number of phenolic OH excluding ortho intramolecular Hbond substituents is 1. The van der Waals surface area contributed by atoms with Crippen molar-refractivity contribution in [1.29, 1.82) is 0 Å². The minimum absolute atomic E-state index is 0.138. The third-order valence-corrected chi connectivity index (χ3v) is 7.38. The summed E-state index contributed by atoms with van der Waals surface area (Å²) in [6.45, 7) is 2.39. The van der Waals surface area contributed by atoms with Crippen LogP contribution in [0.5, 0.6) is 11.5 Å². The second-order valence-corrected chi connectivity index (χ2v) is 9.26. The Hall–Kier alpha value is -2.50. The number of hydrogen-bond donors (Lipinski definition) is 1. The maximum absolute atomic E-state index is 13.6. The van der Waals surface area contributed by atoms with E-state index in [0.717, 1.165) is 43.5 Å². The Morgan fingerprint density at radius 1 is 1.29 bits per heavy atom. The van der Waals surface area contributed by atoms with E-state index in [2.05, 4.69) is 17.1 Å². The van der Waals surface area contributed by atoms with E-state index in [4.69, 9.17) is 16.3 Å². The van der Waals surface area contributed by atoms with Crippen molar-refractivity contribution < 1.29 is 14.6 Å².